The molecule has 2 aromatic carbocycles. The fourth-order valence-corrected chi connectivity index (χ4v) is 5.91. The Labute approximate surface area is 213 Å². The third-order valence-electron chi connectivity index (χ3n) is 7.59. The van der Waals surface area contributed by atoms with Crippen molar-refractivity contribution in [1.29, 1.82) is 0 Å². The Kier molecular flexibility index (Phi) is 5.64. The molecule has 3 unspecified atom stereocenters. The zero-order chi connectivity index (χ0) is 25.4. The Hall–Kier alpha value is -2.20. The maximum Gasteiger partial charge on any atom is 0.401 e. The van der Waals surface area contributed by atoms with E-state index in [2.05, 4.69) is 10.5 Å². The van der Waals surface area contributed by atoms with E-state index in [9.17, 15) is 22.4 Å². The molecule has 6 rings (SSSR count). The average molecular weight is 543 g/mol. The van der Waals surface area contributed by atoms with Crippen LogP contribution in [-0.4, -0.2) is 30.8 Å². The molecule has 2 aromatic rings. The van der Waals surface area contributed by atoms with Crippen LogP contribution in [0, 0.1) is 17.7 Å². The van der Waals surface area contributed by atoms with Crippen LogP contribution in [0.4, 0.5) is 17.6 Å². The number of nitrogens with zero attached hydrogens (tertiary/aromatic N) is 1. The first-order valence-corrected chi connectivity index (χ1v) is 12.4. The molecule has 0 bridgehead atoms. The number of ether oxygens (including phenoxy) is 1. The summed E-state index contributed by atoms with van der Waals surface area (Å²) >= 11 is 11.8. The predicted octanol–water partition coefficient (Wildman–Crippen LogP) is 6.03. The number of ketones is 1. The van der Waals surface area contributed by atoms with Crippen molar-refractivity contribution in [3.63, 3.8) is 0 Å². The Morgan fingerprint density at radius 1 is 1.11 bits per heavy atom. The molecule has 3 atom stereocenters. The second kappa shape index (κ2) is 8.41. The summed E-state index contributed by atoms with van der Waals surface area (Å²) < 4.78 is 64.0. The van der Waals surface area contributed by atoms with Gasteiger partial charge in [-0.3, -0.25) is 4.79 Å². The number of rotatable bonds is 4. The highest BCUT2D eigenvalue weighted by Gasteiger charge is 2.56. The third-order valence-corrected chi connectivity index (χ3v) is 8.09. The van der Waals surface area contributed by atoms with E-state index in [0.717, 1.165) is 37.0 Å². The quantitative estimate of drug-likeness (QED) is 0.378. The van der Waals surface area contributed by atoms with Gasteiger partial charge in [0.2, 0.25) is 0 Å². The molecule has 1 saturated carbocycles. The van der Waals surface area contributed by atoms with Gasteiger partial charge in [-0.25, -0.2) is 4.39 Å². The van der Waals surface area contributed by atoms with Gasteiger partial charge in [-0.05, 0) is 42.2 Å². The molecule has 5 nitrogen and oxygen atoms in total. The smallest absolute Gasteiger partial charge is 0.386 e. The van der Waals surface area contributed by atoms with Crippen molar-refractivity contribution in [2.75, 3.05) is 13.1 Å². The lowest BCUT2D eigenvalue weighted by Crippen LogP contribution is -2.57. The Bertz CT molecular complexity index is 1290. The molecule has 3 aliphatic heterocycles. The average Bonchev–Trinajstić information content (AvgIpc) is 3.34. The van der Waals surface area contributed by atoms with Crippen molar-refractivity contribution >= 4 is 34.7 Å². The number of carbonyl (C=O) groups excluding carboxylic acids is 1. The van der Waals surface area contributed by atoms with Gasteiger partial charge in [0, 0.05) is 35.2 Å². The molecule has 190 valence electrons. The second-order valence-electron chi connectivity index (χ2n) is 9.74. The van der Waals surface area contributed by atoms with Crippen LogP contribution in [0.1, 0.15) is 53.7 Å². The fraction of sp³-hybridized carbons (Fsp3) is 0.440. The van der Waals surface area contributed by atoms with Gasteiger partial charge in [-0.15, -0.1) is 0 Å². The van der Waals surface area contributed by atoms with Crippen LogP contribution < -0.4 is 5.32 Å². The topological polar surface area (TPSA) is 59.9 Å². The largest absolute Gasteiger partial charge is 0.401 e. The molecule has 3 heterocycles. The van der Waals surface area contributed by atoms with E-state index in [-0.39, 0.29) is 22.3 Å². The van der Waals surface area contributed by atoms with Crippen molar-refractivity contribution in [3.05, 3.63) is 68.4 Å². The molecule has 1 aliphatic carbocycles. The van der Waals surface area contributed by atoms with Crippen LogP contribution in [0.15, 0.2) is 35.5 Å². The van der Waals surface area contributed by atoms with Crippen LogP contribution in [0.5, 0.6) is 0 Å². The third kappa shape index (κ3) is 3.66. The van der Waals surface area contributed by atoms with Crippen molar-refractivity contribution in [3.8, 4) is 0 Å². The van der Waals surface area contributed by atoms with Crippen LogP contribution in [0.3, 0.4) is 0 Å². The fourth-order valence-electron chi connectivity index (χ4n) is 5.40. The number of halogens is 6. The van der Waals surface area contributed by atoms with Crippen molar-refractivity contribution in [2.24, 2.45) is 17.0 Å². The summed E-state index contributed by atoms with van der Waals surface area (Å²) in [6.45, 7) is 1.03. The van der Waals surface area contributed by atoms with Gasteiger partial charge < -0.3 is 14.9 Å². The summed E-state index contributed by atoms with van der Waals surface area (Å²) in [5.74, 6) is -3.48. The van der Waals surface area contributed by atoms with Gasteiger partial charge in [0.05, 0.1) is 5.02 Å². The number of fused-ring (bicyclic) bond motifs is 2. The molecule has 0 amide bonds. The molecule has 1 N–H and O–H groups in total. The summed E-state index contributed by atoms with van der Waals surface area (Å²) in [6.07, 6.45) is -4.95. The van der Waals surface area contributed by atoms with E-state index < -0.39 is 52.0 Å². The number of carbonyl (C=O) groups is 1. The minimum Gasteiger partial charge on any atom is -0.386 e. The first-order valence-electron chi connectivity index (χ1n) is 11.6. The number of oxime groups is 1. The van der Waals surface area contributed by atoms with Crippen LogP contribution in [0.25, 0.3) is 0 Å². The number of alkyl halides is 3. The summed E-state index contributed by atoms with van der Waals surface area (Å²) in [4.78, 5) is 18.3. The molecular formula is C25H20Cl2F4N2O3. The van der Waals surface area contributed by atoms with Crippen molar-refractivity contribution in [2.45, 2.75) is 43.2 Å². The van der Waals surface area contributed by atoms with Gasteiger partial charge in [-0.1, -0.05) is 46.9 Å². The number of Topliss-reactive ketones (excluding diaryl/α,β-unsaturated/α-hetero) is 1. The first kappa shape index (κ1) is 24.2. The van der Waals surface area contributed by atoms with E-state index in [1.165, 1.54) is 12.1 Å². The maximum absolute atomic E-state index is 14.7. The van der Waals surface area contributed by atoms with Crippen molar-refractivity contribution < 1.29 is 31.9 Å². The van der Waals surface area contributed by atoms with Crippen LogP contribution in [0.2, 0.25) is 10.0 Å². The molecule has 11 heteroatoms. The summed E-state index contributed by atoms with van der Waals surface area (Å²) in [5.41, 5.74) is -0.0428. The molecule has 2 fully saturated rings. The normalized spacial score (nSPS) is 26.7. The number of hydrogen-bond donors (Lipinski definition) is 1. The van der Waals surface area contributed by atoms with E-state index in [0.29, 0.717) is 18.7 Å². The second-order valence-corrected chi connectivity index (χ2v) is 10.6. The maximum atomic E-state index is 14.7. The predicted molar refractivity (Wildman–Crippen MR) is 123 cm³/mol. The van der Waals surface area contributed by atoms with E-state index in [1.54, 1.807) is 6.07 Å². The Morgan fingerprint density at radius 3 is 2.47 bits per heavy atom. The Balaban J connectivity index is 1.40. The van der Waals surface area contributed by atoms with Crippen LogP contribution in [-0.2, 0) is 20.0 Å². The van der Waals surface area contributed by atoms with Gasteiger partial charge in [0.25, 0.3) is 0 Å². The summed E-state index contributed by atoms with van der Waals surface area (Å²) in [6, 6.07) is 6.91. The number of nitrogens with one attached hydrogen (secondary N) is 1. The first-order chi connectivity index (χ1) is 17.1. The zero-order valence-corrected chi connectivity index (χ0v) is 20.2. The highest BCUT2D eigenvalue weighted by Crippen LogP contribution is 2.51. The van der Waals surface area contributed by atoms with Gasteiger partial charge in [0.15, 0.2) is 11.9 Å². The minimum absolute atomic E-state index is 0.0270. The van der Waals surface area contributed by atoms with Gasteiger partial charge in [0.1, 0.15) is 29.2 Å². The highest BCUT2D eigenvalue weighted by atomic mass is 35.5. The SMILES string of the molecule is O=C(C1CCC1)C1OC2(CNC2)c2ccc(C3=NOC(c4cc(Cl)cc(Cl)c4F)C3C(F)(F)F)cc21. The van der Waals surface area contributed by atoms with Crippen molar-refractivity contribution in [1.82, 2.24) is 5.32 Å². The van der Waals surface area contributed by atoms with E-state index in [1.807, 2.05) is 0 Å². The van der Waals surface area contributed by atoms with E-state index in [4.69, 9.17) is 32.8 Å². The lowest BCUT2D eigenvalue weighted by Gasteiger charge is -2.40. The lowest BCUT2D eigenvalue weighted by atomic mass is 9.78. The standard InChI is InChI=1S/C25H20Cl2F4N2O3/c26-13-7-15(19(28)17(27)8-13)22-18(25(29,30)31)20(33-36-22)12-4-5-16-14(6-12)23(21(34)11-2-1-3-11)35-24(16)9-32-10-24/h4-8,11,18,22-23,32H,1-3,9-10H2. The number of hydrogen-bond acceptors (Lipinski definition) is 5. The minimum atomic E-state index is -4.82. The number of benzene rings is 2. The molecule has 1 saturated heterocycles. The highest BCUT2D eigenvalue weighted by molar-refractivity contribution is 6.34. The summed E-state index contributed by atoms with van der Waals surface area (Å²) in [5, 5.41) is 6.45. The molecular weight excluding hydrogens is 523 g/mol. The van der Waals surface area contributed by atoms with E-state index >= 15 is 0 Å². The molecule has 0 aromatic heterocycles. The molecule has 1 spiro atoms. The summed E-state index contributed by atoms with van der Waals surface area (Å²) in [7, 11) is 0. The van der Waals surface area contributed by atoms with Gasteiger partial charge >= 0.3 is 6.18 Å². The van der Waals surface area contributed by atoms with Gasteiger partial charge in [-0.2, -0.15) is 13.2 Å². The molecule has 0 radical (unpaired) electrons. The lowest BCUT2D eigenvalue weighted by molar-refractivity contribution is -0.178. The Morgan fingerprint density at radius 2 is 1.86 bits per heavy atom. The zero-order valence-electron chi connectivity index (χ0n) is 18.7. The monoisotopic (exact) mass is 542 g/mol. The van der Waals surface area contributed by atoms with Crippen LogP contribution >= 0.6 is 23.2 Å². The molecule has 36 heavy (non-hydrogen) atoms. The molecule has 4 aliphatic rings.